The van der Waals surface area contributed by atoms with E-state index >= 15 is 0 Å². The molecule has 0 atom stereocenters. The molecule has 0 radical (unpaired) electrons. The van der Waals surface area contributed by atoms with Crippen LogP contribution in [0.4, 0.5) is 52.7 Å². The van der Waals surface area contributed by atoms with E-state index in [4.69, 9.17) is 0 Å². The van der Waals surface area contributed by atoms with Crippen molar-refractivity contribution >= 4 is 0 Å². The van der Waals surface area contributed by atoms with Gasteiger partial charge in [-0.1, -0.05) is 0 Å². The van der Waals surface area contributed by atoms with E-state index in [1.807, 2.05) is 9.47 Å². The largest absolute Gasteiger partial charge is 0.453 e. The molecule has 0 saturated carbocycles. The van der Waals surface area contributed by atoms with Crippen molar-refractivity contribution in [3.8, 4) is 0 Å². The van der Waals surface area contributed by atoms with Crippen LogP contribution >= 0.6 is 0 Å². The Bertz CT molecular complexity index is 310. The van der Waals surface area contributed by atoms with Crippen LogP contribution in [0.1, 0.15) is 0 Å². The van der Waals surface area contributed by atoms with Crippen LogP contribution in [0, 0.1) is 0 Å². The van der Waals surface area contributed by atoms with E-state index in [0.29, 0.717) is 0 Å². The van der Waals surface area contributed by atoms with Crippen LogP contribution < -0.4 is 0 Å². The van der Waals surface area contributed by atoms with Crippen molar-refractivity contribution in [3.05, 3.63) is 0 Å². The number of halogens is 12. The molecule has 0 spiro atoms. The molecule has 0 amide bonds. The van der Waals surface area contributed by atoms with Crippen molar-refractivity contribution < 1.29 is 66.9 Å². The predicted molar refractivity (Wildman–Crippen MR) is 35.1 cm³/mol. The van der Waals surface area contributed by atoms with Crippen LogP contribution in [0.15, 0.2) is 0 Å². The minimum atomic E-state index is -6.73. The van der Waals surface area contributed by atoms with Gasteiger partial charge in [-0.25, -0.2) is 4.74 Å². The lowest BCUT2D eigenvalue weighted by atomic mass is 10.5. The van der Waals surface area contributed by atoms with Crippen LogP contribution in [0.25, 0.3) is 0 Å². The summed E-state index contributed by atoms with van der Waals surface area (Å²) < 4.78 is 150. The molecule has 0 rings (SSSR count). The van der Waals surface area contributed by atoms with Gasteiger partial charge in [0.2, 0.25) is 0 Å². The van der Waals surface area contributed by atoms with Crippen molar-refractivity contribution in [2.45, 2.75) is 37.7 Å². The monoisotopic (exact) mass is 350 g/mol. The quantitative estimate of drug-likeness (QED) is 0.623. The first kappa shape index (κ1) is 20.0. The third-order valence-electron chi connectivity index (χ3n) is 1.41. The zero-order chi connectivity index (χ0) is 17.3. The molecular formula is C6H2F12O3. The Hall–Kier alpha value is -0.960. The second kappa shape index (κ2) is 6.04. The highest BCUT2D eigenvalue weighted by Crippen LogP contribution is 2.46. The normalized spacial score (nSPS) is 15.1. The van der Waals surface area contributed by atoms with Crippen LogP contribution in [0.3, 0.4) is 0 Å². The van der Waals surface area contributed by atoms with Gasteiger partial charge in [-0.3, -0.25) is 9.47 Å². The Morgan fingerprint density at radius 1 is 0.476 bits per heavy atom. The Balaban J connectivity index is 5.22. The summed E-state index contributed by atoms with van der Waals surface area (Å²) in [5.74, 6) is 0. The molecule has 0 aliphatic heterocycles. The van der Waals surface area contributed by atoms with Gasteiger partial charge >= 0.3 is 37.7 Å². The minimum absolute atomic E-state index is 1.67. The Labute approximate surface area is 106 Å². The highest BCUT2D eigenvalue weighted by atomic mass is 19.4. The average Bonchev–Trinajstić information content (AvgIpc) is 2.09. The van der Waals surface area contributed by atoms with E-state index in [1.165, 1.54) is 0 Å². The van der Waals surface area contributed by atoms with Gasteiger partial charge < -0.3 is 0 Å². The molecule has 15 heteroatoms. The van der Waals surface area contributed by atoms with Gasteiger partial charge in [0, 0.05) is 0 Å². The molecule has 0 aromatic rings. The first-order chi connectivity index (χ1) is 9.04. The maximum absolute atomic E-state index is 12.4. The summed E-state index contributed by atoms with van der Waals surface area (Å²) in [5, 5.41) is 0. The SMILES string of the molecule is FC(F)OC(F)(F)C(F)(F)OC(F)(F)C(F)(F)OC(F)F. The summed E-state index contributed by atoms with van der Waals surface area (Å²) in [6, 6.07) is 0. The molecule has 21 heavy (non-hydrogen) atoms. The molecule has 0 N–H and O–H groups in total. The van der Waals surface area contributed by atoms with Gasteiger partial charge in [0.15, 0.2) is 0 Å². The van der Waals surface area contributed by atoms with Crippen molar-refractivity contribution in [2.75, 3.05) is 0 Å². The zero-order valence-electron chi connectivity index (χ0n) is 8.92. The van der Waals surface area contributed by atoms with E-state index < -0.39 is 37.7 Å². The smallest absolute Gasteiger partial charge is 0.251 e. The van der Waals surface area contributed by atoms with Crippen molar-refractivity contribution in [1.29, 1.82) is 0 Å². The number of hydrogen-bond donors (Lipinski definition) is 0. The van der Waals surface area contributed by atoms with Crippen LogP contribution in [-0.4, -0.2) is 37.7 Å². The fraction of sp³-hybridized carbons (Fsp3) is 1.00. The Morgan fingerprint density at radius 3 is 0.905 bits per heavy atom. The number of hydrogen-bond acceptors (Lipinski definition) is 3. The molecular weight excluding hydrogens is 348 g/mol. The Morgan fingerprint density at radius 2 is 0.714 bits per heavy atom. The summed E-state index contributed by atoms with van der Waals surface area (Å²) in [4.78, 5) is 0. The fourth-order valence-corrected chi connectivity index (χ4v) is 0.641. The maximum Gasteiger partial charge on any atom is 0.453 e. The standard InChI is InChI=1S/C6H2F12O3/c7-1(8)19-3(11,12)5(15,16)21-6(17,18)4(13,14)20-2(9)10/h1-2H. The second-order valence-electron chi connectivity index (χ2n) is 2.93. The summed E-state index contributed by atoms with van der Waals surface area (Å²) in [7, 11) is 0. The molecule has 0 fully saturated rings. The predicted octanol–water partition coefficient (Wildman–Crippen LogP) is 3.85. The summed E-state index contributed by atoms with van der Waals surface area (Å²) in [6.45, 7) is -9.25. The molecule has 128 valence electrons. The average molecular weight is 350 g/mol. The number of rotatable bonds is 8. The molecule has 0 heterocycles. The van der Waals surface area contributed by atoms with Gasteiger partial charge in [0.05, 0.1) is 0 Å². The molecule has 0 unspecified atom stereocenters. The van der Waals surface area contributed by atoms with Crippen molar-refractivity contribution in [2.24, 2.45) is 0 Å². The van der Waals surface area contributed by atoms with Gasteiger partial charge in [-0.2, -0.15) is 52.7 Å². The molecule has 0 aromatic heterocycles. The first-order valence-electron chi connectivity index (χ1n) is 4.17. The second-order valence-corrected chi connectivity index (χ2v) is 2.93. The molecule has 0 aliphatic carbocycles. The minimum Gasteiger partial charge on any atom is -0.251 e. The lowest BCUT2D eigenvalue weighted by Crippen LogP contribution is -2.55. The summed E-state index contributed by atoms with van der Waals surface area (Å²) >= 11 is 0. The first-order valence-corrected chi connectivity index (χ1v) is 4.17. The van der Waals surface area contributed by atoms with Crippen molar-refractivity contribution in [1.82, 2.24) is 0 Å². The molecule has 0 aromatic carbocycles. The molecule has 0 bridgehead atoms. The third kappa shape index (κ3) is 5.06. The van der Waals surface area contributed by atoms with E-state index in [-0.39, 0.29) is 0 Å². The summed E-state index contributed by atoms with van der Waals surface area (Å²) in [5.41, 5.74) is 0. The highest BCUT2D eigenvalue weighted by Gasteiger charge is 2.72. The van der Waals surface area contributed by atoms with E-state index in [1.54, 1.807) is 4.74 Å². The number of ether oxygens (including phenoxy) is 3. The maximum atomic E-state index is 12.4. The fourth-order valence-electron chi connectivity index (χ4n) is 0.641. The van der Waals surface area contributed by atoms with Gasteiger partial charge in [-0.05, 0) is 0 Å². The van der Waals surface area contributed by atoms with E-state index in [0.717, 1.165) is 0 Å². The zero-order valence-corrected chi connectivity index (χ0v) is 8.92. The van der Waals surface area contributed by atoms with Crippen molar-refractivity contribution in [3.63, 3.8) is 0 Å². The third-order valence-corrected chi connectivity index (χ3v) is 1.41. The van der Waals surface area contributed by atoms with Gasteiger partial charge in [0.1, 0.15) is 0 Å². The lowest BCUT2D eigenvalue weighted by Gasteiger charge is -2.31. The van der Waals surface area contributed by atoms with E-state index in [9.17, 15) is 52.7 Å². The van der Waals surface area contributed by atoms with Crippen LogP contribution in [-0.2, 0) is 14.2 Å². The molecule has 0 saturated heterocycles. The number of alkyl halides is 12. The van der Waals surface area contributed by atoms with E-state index in [2.05, 4.69) is 0 Å². The lowest BCUT2D eigenvalue weighted by molar-refractivity contribution is -0.543. The van der Waals surface area contributed by atoms with Crippen LogP contribution in [0.5, 0.6) is 0 Å². The van der Waals surface area contributed by atoms with Gasteiger partial charge in [0.25, 0.3) is 0 Å². The van der Waals surface area contributed by atoms with Gasteiger partial charge in [-0.15, -0.1) is 0 Å². The Kier molecular flexibility index (Phi) is 5.76. The van der Waals surface area contributed by atoms with Crippen LogP contribution in [0.2, 0.25) is 0 Å². The summed E-state index contributed by atoms with van der Waals surface area (Å²) in [6.07, 6.45) is -26.4. The topological polar surface area (TPSA) is 27.7 Å². The molecule has 3 nitrogen and oxygen atoms in total. The highest BCUT2D eigenvalue weighted by molar-refractivity contribution is 4.74. The molecule has 0 aliphatic rings.